The fourth-order valence-electron chi connectivity index (χ4n) is 3.73. The zero-order valence-corrected chi connectivity index (χ0v) is 22.2. The summed E-state index contributed by atoms with van der Waals surface area (Å²) >= 11 is 6.81. The van der Waals surface area contributed by atoms with Crippen LogP contribution in [0.3, 0.4) is 0 Å². The maximum Gasteiger partial charge on any atom is 0.308 e. The normalized spacial score (nSPS) is 11.4. The molecule has 5 aromatic rings. The number of methoxy groups -OCH3 is 1. The summed E-state index contributed by atoms with van der Waals surface area (Å²) in [6, 6.07) is 17.7. The van der Waals surface area contributed by atoms with Gasteiger partial charge in [-0.15, -0.1) is 0 Å². The molecule has 3 aromatic carbocycles. The van der Waals surface area contributed by atoms with Crippen molar-refractivity contribution in [2.24, 2.45) is 5.10 Å². The number of hydrogen-bond acceptors (Lipinski definition) is 7. The van der Waals surface area contributed by atoms with Crippen LogP contribution in [0.4, 0.5) is 0 Å². The van der Waals surface area contributed by atoms with Gasteiger partial charge < -0.3 is 13.9 Å². The molecule has 0 unspecified atom stereocenters. The first-order chi connectivity index (χ1) is 17.4. The van der Waals surface area contributed by atoms with E-state index in [2.05, 4.69) is 41.9 Å². The molecule has 0 fully saturated rings. The van der Waals surface area contributed by atoms with Gasteiger partial charge in [-0.3, -0.25) is 9.59 Å². The van der Waals surface area contributed by atoms with Crippen LogP contribution in [0.1, 0.15) is 12.5 Å². The second-order valence-corrected chi connectivity index (χ2v) is 9.41. The lowest BCUT2D eigenvalue weighted by Crippen LogP contribution is -2.20. The molecule has 2 aromatic heterocycles. The van der Waals surface area contributed by atoms with Gasteiger partial charge in [-0.2, -0.15) is 9.78 Å². The van der Waals surface area contributed by atoms with Gasteiger partial charge in [-0.1, -0.05) is 18.2 Å². The fraction of sp³-hybridized carbons (Fsp3) is 0.0769. The highest BCUT2D eigenvalue weighted by Gasteiger charge is 2.18. The molecule has 180 valence electrons. The predicted molar refractivity (Wildman–Crippen MR) is 144 cm³/mol. The lowest BCUT2D eigenvalue weighted by atomic mass is 10.2. The van der Waals surface area contributed by atoms with Crippen LogP contribution in [0.5, 0.6) is 11.5 Å². The van der Waals surface area contributed by atoms with Crippen LogP contribution in [0, 0.1) is 0 Å². The van der Waals surface area contributed by atoms with Gasteiger partial charge in [0, 0.05) is 6.92 Å². The van der Waals surface area contributed by atoms with Gasteiger partial charge in [-0.25, -0.2) is 4.98 Å². The summed E-state index contributed by atoms with van der Waals surface area (Å²) in [7, 11) is 1.58. The average Bonchev–Trinajstić information content (AvgIpc) is 3.30. The van der Waals surface area contributed by atoms with E-state index in [0.29, 0.717) is 48.3 Å². The van der Waals surface area contributed by atoms with E-state index in [1.807, 2.05) is 24.3 Å². The molecule has 10 heteroatoms. The minimum atomic E-state index is -0.446. The van der Waals surface area contributed by atoms with E-state index in [0.717, 1.165) is 5.39 Å². The van der Waals surface area contributed by atoms with E-state index < -0.39 is 5.97 Å². The molecule has 0 N–H and O–H groups in total. The Bertz CT molecular complexity index is 1720. The topological polar surface area (TPSA) is 95.9 Å². The van der Waals surface area contributed by atoms with Crippen LogP contribution in [-0.4, -0.2) is 29.0 Å². The van der Waals surface area contributed by atoms with E-state index in [1.165, 1.54) is 17.8 Å². The van der Waals surface area contributed by atoms with Crippen molar-refractivity contribution in [3.05, 3.63) is 85.5 Å². The minimum Gasteiger partial charge on any atom is -0.496 e. The average molecular weight is 611 g/mol. The number of carbonyl (C=O) groups is 1. The Kier molecular flexibility index (Phi) is 6.46. The van der Waals surface area contributed by atoms with Gasteiger partial charge in [0.15, 0.2) is 11.5 Å². The molecule has 0 amide bonds. The fourth-order valence-corrected chi connectivity index (χ4v) is 5.12. The summed E-state index contributed by atoms with van der Waals surface area (Å²) < 4.78 is 19.0. The molecule has 8 nitrogen and oxygen atoms in total. The van der Waals surface area contributed by atoms with Crippen LogP contribution in [0.2, 0.25) is 0 Å². The van der Waals surface area contributed by atoms with Crippen molar-refractivity contribution in [2.45, 2.75) is 6.92 Å². The SMILES string of the molecule is COc1cccc2oc(-c3nc4ccccc4c(=O)n3N=Cc3cc(Br)c(OC(C)=O)c(Br)c3)cc12. The van der Waals surface area contributed by atoms with Crippen molar-refractivity contribution >= 4 is 65.9 Å². The Morgan fingerprint density at radius 1 is 1.06 bits per heavy atom. The number of furan rings is 1. The standard InChI is InChI=1S/C26H17Br2N3O5/c1-14(32)35-24-18(27)10-15(11-19(24)28)13-29-31-25(30-20-7-4-3-6-16(20)26(31)33)23-12-17-21(34-2)8-5-9-22(17)36-23/h3-13H,1-2H3. The second-order valence-electron chi connectivity index (χ2n) is 7.70. The van der Waals surface area contributed by atoms with Crippen LogP contribution in [0.15, 0.2) is 83.9 Å². The van der Waals surface area contributed by atoms with E-state index in [9.17, 15) is 9.59 Å². The highest BCUT2D eigenvalue weighted by Crippen LogP contribution is 2.35. The number of carbonyl (C=O) groups excluding carboxylic acids is 1. The summed E-state index contributed by atoms with van der Waals surface area (Å²) in [5.74, 6) is 1.15. The van der Waals surface area contributed by atoms with Gasteiger partial charge in [0.25, 0.3) is 5.56 Å². The maximum atomic E-state index is 13.5. The van der Waals surface area contributed by atoms with Crippen molar-refractivity contribution in [3.63, 3.8) is 0 Å². The smallest absolute Gasteiger partial charge is 0.308 e. The number of nitrogens with zero attached hydrogens (tertiary/aromatic N) is 3. The van der Waals surface area contributed by atoms with Gasteiger partial charge >= 0.3 is 5.97 Å². The molecule has 0 radical (unpaired) electrons. The number of benzene rings is 3. The first-order valence-corrected chi connectivity index (χ1v) is 12.2. The number of halogens is 2. The molecular formula is C26H17Br2N3O5. The van der Waals surface area contributed by atoms with Gasteiger partial charge in [0.05, 0.1) is 38.6 Å². The third-order valence-corrected chi connectivity index (χ3v) is 6.48. The highest BCUT2D eigenvalue weighted by atomic mass is 79.9. The lowest BCUT2D eigenvalue weighted by Gasteiger charge is -2.09. The Labute approximate surface area is 221 Å². The van der Waals surface area contributed by atoms with Crippen molar-refractivity contribution in [1.82, 2.24) is 9.66 Å². The van der Waals surface area contributed by atoms with Crippen LogP contribution >= 0.6 is 31.9 Å². The van der Waals surface area contributed by atoms with Crippen molar-refractivity contribution in [3.8, 4) is 23.1 Å². The molecule has 0 saturated heterocycles. The van der Waals surface area contributed by atoms with E-state index in [1.54, 1.807) is 43.5 Å². The van der Waals surface area contributed by atoms with Crippen LogP contribution < -0.4 is 15.0 Å². The van der Waals surface area contributed by atoms with Crippen molar-refractivity contribution in [1.29, 1.82) is 0 Å². The monoisotopic (exact) mass is 609 g/mol. The summed E-state index contributed by atoms with van der Waals surface area (Å²) in [6.45, 7) is 1.32. The van der Waals surface area contributed by atoms with E-state index >= 15 is 0 Å². The molecule has 0 spiro atoms. The number of esters is 1. The first-order valence-electron chi connectivity index (χ1n) is 10.7. The number of hydrogen-bond donors (Lipinski definition) is 0. The molecule has 2 heterocycles. The Balaban J connectivity index is 1.68. The summed E-state index contributed by atoms with van der Waals surface area (Å²) in [5, 5.41) is 5.63. The molecule has 0 aliphatic heterocycles. The molecule has 0 bridgehead atoms. The second kappa shape index (κ2) is 9.71. The van der Waals surface area contributed by atoms with Gasteiger partial charge in [0.2, 0.25) is 5.82 Å². The summed E-state index contributed by atoms with van der Waals surface area (Å²) in [5.41, 5.74) is 1.40. The molecule has 0 atom stereocenters. The number of rotatable bonds is 5. The Morgan fingerprint density at radius 3 is 2.53 bits per heavy atom. The third kappa shape index (κ3) is 4.45. The summed E-state index contributed by atoms with van der Waals surface area (Å²) in [6.07, 6.45) is 1.51. The molecule has 0 aliphatic carbocycles. The predicted octanol–water partition coefficient (Wildman–Crippen LogP) is 6.15. The van der Waals surface area contributed by atoms with E-state index in [-0.39, 0.29) is 11.4 Å². The number of para-hydroxylation sites is 1. The number of ether oxygens (including phenoxy) is 2. The van der Waals surface area contributed by atoms with Crippen LogP contribution in [0.25, 0.3) is 33.5 Å². The maximum absolute atomic E-state index is 13.5. The van der Waals surface area contributed by atoms with Crippen molar-refractivity contribution in [2.75, 3.05) is 7.11 Å². The minimum absolute atomic E-state index is 0.239. The quantitative estimate of drug-likeness (QED) is 0.135. The van der Waals surface area contributed by atoms with Crippen LogP contribution in [-0.2, 0) is 4.79 Å². The first kappa shape index (κ1) is 24.0. The number of aromatic nitrogens is 2. The lowest BCUT2D eigenvalue weighted by molar-refractivity contribution is -0.131. The third-order valence-electron chi connectivity index (χ3n) is 5.30. The zero-order chi connectivity index (χ0) is 25.4. The molecular weight excluding hydrogens is 594 g/mol. The zero-order valence-electron chi connectivity index (χ0n) is 19.0. The van der Waals surface area contributed by atoms with Crippen molar-refractivity contribution < 1.29 is 18.7 Å². The molecule has 0 aliphatic rings. The van der Waals surface area contributed by atoms with Gasteiger partial charge in [0.1, 0.15) is 11.3 Å². The Hall–Kier alpha value is -3.76. The molecule has 36 heavy (non-hydrogen) atoms. The van der Waals surface area contributed by atoms with E-state index in [4.69, 9.17) is 13.9 Å². The molecule has 5 rings (SSSR count). The summed E-state index contributed by atoms with van der Waals surface area (Å²) in [4.78, 5) is 29.5. The van der Waals surface area contributed by atoms with Gasteiger partial charge in [-0.05, 0) is 79.9 Å². The largest absolute Gasteiger partial charge is 0.496 e. The Morgan fingerprint density at radius 2 is 1.81 bits per heavy atom. The number of fused-ring (bicyclic) bond motifs is 2. The molecule has 0 saturated carbocycles. The highest BCUT2D eigenvalue weighted by molar-refractivity contribution is 9.11.